The predicted octanol–water partition coefficient (Wildman–Crippen LogP) is 1.70. The van der Waals surface area contributed by atoms with Gasteiger partial charge < -0.3 is 10.4 Å². The van der Waals surface area contributed by atoms with Crippen LogP contribution in [0, 0.1) is 0 Å². The van der Waals surface area contributed by atoms with Crippen molar-refractivity contribution in [3.05, 3.63) is 22.4 Å². The third kappa shape index (κ3) is 3.12. The van der Waals surface area contributed by atoms with Gasteiger partial charge in [-0.15, -0.1) is 11.3 Å². The number of aliphatic carboxylic acids is 1. The van der Waals surface area contributed by atoms with Crippen molar-refractivity contribution in [1.29, 1.82) is 0 Å². The quantitative estimate of drug-likeness (QED) is 0.782. The topological polar surface area (TPSA) is 49.3 Å². The van der Waals surface area contributed by atoms with Gasteiger partial charge in [-0.05, 0) is 11.4 Å². The highest BCUT2D eigenvalue weighted by Gasteiger charge is 2.21. The maximum Gasteiger partial charge on any atom is 0.317 e. The Bertz CT molecular complexity index is 293. The van der Waals surface area contributed by atoms with Gasteiger partial charge in [-0.1, -0.05) is 19.9 Å². The summed E-state index contributed by atoms with van der Waals surface area (Å²) < 4.78 is 0. The van der Waals surface area contributed by atoms with Crippen molar-refractivity contribution in [2.45, 2.75) is 19.3 Å². The van der Waals surface area contributed by atoms with Crippen molar-refractivity contribution in [2.24, 2.45) is 0 Å². The maximum absolute atomic E-state index is 10.3. The number of hydrogen-bond acceptors (Lipinski definition) is 3. The minimum absolute atomic E-state index is 0.00359. The van der Waals surface area contributed by atoms with Gasteiger partial charge in [0, 0.05) is 16.8 Å². The largest absolute Gasteiger partial charge is 0.480 e. The molecule has 1 aromatic rings. The molecule has 0 fully saturated rings. The van der Waals surface area contributed by atoms with Crippen LogP contribution < -0.4 is 5.32 Å². The molecule has 0 aliphatic rings. The zero-order chi connectivity index (χ0) is 10.6. The summed E-state index contributed by atoms with van der Waals surface area (Å²) >= 11 is 1.70. The summed E-state index contributed by atoms with van der Waals surface area (Å²) in [5.41, 5.74) is 0.00359. The molecule has 1 rings (SSSR count). The minimum Gasteiger partial charge on any atom is -0.480 e. The Morgan fingerprint density at radius 3 is 2.86 bits per heavy atom. The lowest BCUT2D eigenvalue weighted by atomic mass is 9.91. The molecule has 0 aliphatic carbocycles. The van der Waals surface area contributed by atoms with Crippen molar-refractivity contribution in [2.75, 3.05) is 13.1 Å². The number of nitrogens with one attached hydrogen (secondary N) is 1. The first kappa shape index (κ1) is 11.2. The van der Waals surface area contributed by atoms with Crippen LogP contribution in [0.4, 0.5) is 0 Å². The molecule has 2 N–H and O–H groups in total. The smallest absolute Gasteiger partial charge is 0.317 e. The van der Waals surface area contributed by atoms with Gasteiger partial charge in [-0.25, -0.2) is 0 Å². The van der Waals surface area contributed by atoms with E-state index in [1.165, 1.54) is 4.88 Å². The van der Waals surface area contributed by atoms with Crippen LogP contribution in [0.5, 0.6) is 0 Å². The average molecular weight is 213 g/mol. The SMILES string of the molecule is CC(C)(CNCC(=O)O)c1cccs1. The molecule has 0 saturated heterocycles. The second-order valence-corrected chi connectivity index (χ2v) is 4.81. The van der Waals surface area contributed by atoms with Crippen LogP contribution in [0.3, 0.4) is 0 Å². The van der Waals surface area contributed by atoms with E-state index in [-0.39, 0.29) is 12.0 Å². The molecule has 0 aliphatic heterocycles. The summed E-state index contributed by atoms with van der Waals surface area (Å²) in [5.74, 6) is -0.813. The Morgan fingerprint density at radius 1 is 1.64 bits per heavy atom. The van der Waals surface area contributed by atoms with Crippen molar-refractivity contribution in [1.82, 2.24) is 5.32 Å². The van der Waals surface area contributed by atoms with Crippen LogP contribution in [-0.4, -0.2) is 24.2 Å². The number of thiophene rings is 1. The van der Waals surface area contributed by atoms with E-state index in [0.717, 1.165) is 0 Å². The lowest BCUT2D eigenvalue weighted by Crippen LogP contribution is -2.35. The number of carboxylic acids is 1. The third-order valence-electron chi connectivity index (χ3n) is 2.03. The van der Waals surface area contributed by atoms with Gasteiger partial charge in [-0.2, -0.15) is 0 Å². The Morgan fingerprint density at radius 2 is 2.36 bits per heavy atom. The number of hydrogen-bond donors (Lipinski definition) is 2. The standard InChI is InChI=1S/C10H15NO2S/c1-10(2,7-11-6-9(12)13)8-4-3-5-14-8/h3-5,11H,6-7H2,1-2H3,(H,12,13). The predicted molar refractivity (Wildman–Crippen MR) is 57.9 cm³/mol. The first-order valence-electron chi connectivity index (χ1n) is 4.49. The molecule has 3 nitrogen and oxygen atoms in total. The minimum atomic E-state index is -0.813. The molecule has 0 radical (unpaired) electrons. The van der Waals surface area contributed by atoms with Crippen LogP contribution in [0.1, 0.15) is 18.7 Å². The summed E-state index contributed by atoms with van der Waals surface area (Å²) in [7, 11) is 0. The zero-order valence-corrected chi connectivity index (χ0v) is 9.23. The molecule has 1 heterocycles. The molecule has 14 heavy (non-hydrogen) atoms. The number of carboxylic acid groups (broad SMARTS) is 1. The summed E-state index contributed by atoms with van der Waals surface area (Å²) in [5, 5.41) is 13.4. The van der Waals surface area contributed by atoms with Gasteiger partial charge in [0.2, 0.25) is 0 Å². The van der Waals surface area contributed by atoms with Gasteiger partial charge in [0.25, 0.3) is 0 Å². The van der Waals surface area contributed by atoms with Gasteiger partial charge in [-0.3, -0.25) is 4.79 Å². The second kappa shape index (κ2) is 4.57. The monoisotopic (exact) mass is 213 g/mol. The fourth-order valence-corrected chi connectivity index (χ4v) is 2.08. The van der Waals surface area contributed by atoms with Gasteiger partial charge in [0.1, 0.15) is 0 Å². The highest BCUT2D eigenvalue weighted by atomic mass is 32.1. The number of rotatable bonds is 5. The Kier molecular flexibility index (Phi) is 3.66. The van der Waals surface area contributed by atoms with E-state index in [1.807, 2.05) is 11.4 Å². The highest BCUT2D eigenvalue weighted by molar-refractivity contribution is 7.10. The summed E-state index contributed by atoms with van der Waals surface area (Å²) in [6.07, 6.45) is 0. The lowest BCUT2D eigenvalue weighted by molar-refractivity contribution is -0.135. The van der Waals surface area contributed by atoms with Gasteiger partial charge >= 0.3 is 5.97 Å². The fraction of sp³-hybridized carbons (Fsp3) is 0.500. The first-order chi connectivity index (χ1) is 6.52. The lowest BCUT2D eigenvalue weighted by Gasteiger charge is -2.23. The van der Waals surface area contributed by atoms with E-state index in [1.54, 1.807) is 11.3 Å². The van der Waals surface area contributed by atoms with Crippen molar-refractivity contribution >= 4 is 17.3 Å². The average Bonchev–Trinajstić information content (AvgIpc) is 2.54. The van der Waals surface area contributed by atoms with Crippen LogP contribution in [-0.2, 0) is 10.2 Å². The highest BCUT2D eigenvalue weighted by Crippen LogP contribution is 2.26. The zero-order valence-electron chi connectivity index (χ0n) is 8.41. The van der Waals surface area contributed by atoms with E-state index in [2.05, 4.69) is 25.2 Å². The van der Waals surface area contributed by atoms with Gasteiger partial charge in [0.05, 0.1) is 6.54 Å². The molecule has 0 bridgehead atoms. The molecule has 0 spiro atoms. The molecule has 0 aromatic carbocycles. The van der Waals surface area contributed by atoms with Crippen LogP contribution in [0.15, 0.2) is 17.5 Å². The van der Waals surface area contributed by atoms with Crippen molar-refractivity contribution < 1.29 is 9.90 Å². The molecule has 78 valence electrons. The van der Waals surface area contributed by atoms with E-state index in [9.17, 15) is 4.79 Å². The maximum atomic E-state index is 10.3. The van der Waals surface area contributed by atoms with E-state index in [0.29, 0.717) is 6.54 Å². The van der Waals surface area contributed by atoms with Crippen molar-refractivity contribution in [3.8, 4) is 0 Å². The Hall–Kier alpha value is -0.870. The van der Waals surface area contributed by atoms with Gasteiger partial charge in [0.15, 0.2) is 0 Å². The summed E-state index contributed by atoms with van der Waals surface area (Å²) in [6.45, 7) is 4.91. The van der Waals surface area contributed by atoms with E-state index >= 15 is 0 Å². The summed E-state index contributed by atoms with van der Waals surface area (Å²) in [6, 6.07) is 4.09. The van der Waals surface area contributed by atoms with Crippen LogP contribution >= 0.6 is 11.3 Å². The Labute approximate surface area is 87.8 Å². The molecule has 1 aromatic heterocycles. The van der Waals surface area contributed by atoms with Crippen LogP contribution in [0.25, 0.3) is 0 Å². The molecular formula is C10H15NO2S. The molecule has 0 atom stereocenters. The third-order valence-corrected chi connectivity index (χ3v) is 3.27. The van der Waals surface area contributed by atoms with Crippen LogP contribution in [0.2, 0.25) is 0 Å². The van der Waals surface area contributed by atoms with E-state index in [4.69, 9.17) is 5.11 Å². The molecular weight excluding hydrogens is 198 g/mol. The molecule has 4 heteroatoms. The fourth-order valence-electron chi connectivity index (χ4n) is 1.23. The second-order valence-electron chi connectivity index (χ2n) is 3.86. The van der Waals surface area contributed by atoms with Crippen molar-refractivity contribution in [3.63, 3.8) is 0 Å². The first-order valence-corrected chi connectivity index (χ1v) is 5.37. The Balaban J connectivity index is 2.46. The molecule has 0 saturated carbocycles. The normalized spacial score (nSPS) is 11.6. The molecule has 0 unspecified atom stereocenters. The van der Waals surface area contributed by atoms with E-state index < -0.39 is 5.97 Å². The number of carbonyl (C=O) groups is 1. The molecule has 0 amide bonds. The summed E-state index contributed by atoms with van der Waals surface area (Å²) in [4.78, 5) is 11.6.